The Bertz CT molecular complexity index is 590. The predicted molar refractivity (Wildman–Crippen MR) is 83.0 cm³/mol. The van der Waals surface area contributed by atoms with Crippen LogP contribution in [0.3, 0.4) is 0 Å². The summed E-state index contributed by atoms with van der Waals surface area (Å²) < 4.78 is 13.7. The van der Waals surface area contributed by atoms with Gasteiger partial charge in [0.2, 0.25) is 0 Å². The van der Waals surface area contributed by atoms with Crippen molar-refractivity contribution in [2.24, 2.45) is 0 Å². The van der Waals surface area contributed by atoms with E-state index in [1.54, 1.807) is 6.07 Å². The second-order valence-corrected chi connectivity index (χ2v) is 5.56. The third-order valence-corrected chi connectivity index (χ3v) is 3.82. The Morgan fingerprint density at radius 2 is 1.84 bits per heavy atom. The van der Waals surface area contributed by atoms with Crippen LogP contribution < -0.4 is 0 Å². The number of hydrogen-bond donors (Lipinski definition) is 0. The monoisotopic (exact) mass is 368 g/mol. The molecule has 0 N–H and O–H groups in total. The standard InChI is InChI=1S/C16H14FIO/c1-2-3-11-4-6-12(7-5-11)16(19)14-9-8-13(17)10-15(14)18/h4-10H,2-3H2,1H3. The molecule has 0 aliphatic carbocycles. The highest BCUT2D eigenvalue weighted by Gasteiger charge is 2.12. The molecule has 0 amide bonds. The SMILES string of the molecule is CCCc1ccc(C(=O)c2ccc(F)cc2I)cc1. The van der Waals surface area contributed by atoms with Crippen LogP contribution in [0.4, 0.5) is 4.39 Å². The van der Waals surface area contributed by atoms with Gasteiger partial charge in [0.15, 0.2) is 5.78 Å². The number of aryl methyl sites for hydroxylation is 1. The Hall–Kier alpha value is -1.23. The molecule has 2 aromatic carbocycles. The predicted octanol–water partition coefficient (Wildman–Crippen LogP) is 4.61. The van der Waals surface area contributed by atoms with Gasteiger partial charge in [-0.25, -0.2) is 4.39 Å². The molecule has 0 bridgehead atoms. The number of benzene rings is 2. The van der Waals surface area contributed by atoms with Gasteiger partial charge in [-0.15, -0.1) is 0 Å². The van der Waals surface area contributed by atoms with Gasteiger partial charge in [-0.1, -0.05) is 37.6 Å². The Kier molecular flexibility index (Phi) is 4.69. The van der Waals surface area contributed by atoms with Gasteiger partial charge in [-0.3, -0.25) is 4.79 Å². The summed E-state index contributed by atoms with van der Waals surface area (Å²) in [4.78, 5) is 12.3. The lowest BCUT2D eigenvalue weighted by molar-refractivity contribution is 0.103. The lowest BCUT2D eigenvalue weighted by Crippen LogP contribution is -2.04. The minimum atomic E-state index is -0.320. The average Bonchev–Trinajstić information content (AvgIpc) is 2.39. The molecule has 98 valence electrons. The maximum atomic E-state index is 13.0. The minimum absolute atomic E-state index is 0.0625. The van der Waals surface area contributed by atoms with Crippen molar-refractivity contribution in [3.8, 4) is 0 Å². The summed E-state index contributed by atoms with van der Waals surface area (Å²) in [6, 6.07) is 11.9. The van der Waals surface area contributed by atoms with Gasteiger partial charge >= 0.3 is 0 Å². The molecule has 0 aliphatic rings. The molecule has 19 heavy (non-hydrogen) atoms. The fourth-order valence-electron chi connectivity index (χ4n) is 1.94. The van der Waals surface area contributed by atoms with Gasteiger partial charge in [0.05, 0.1) is 0 Å². The largest absolute Gasteiger partial charge is 0.289 e. The lowest BCUT2D eigenvalue weighted by Gasteiger charge is -2.05. The first-order chi connectivity index (χ1) is 9.11. The number of halogens is 2. The van der Waals surface area contributed by atoms with E-state index in [1.165, 1.54) is 17.7 Å². The Balaban J connectivity index is 2.28. The zero-order valence-electron chi connectivity index (χ0n) is 10.6. The molecule has 0 aliphatic heterocycles. The molecule has 0 spiro atoms. The normalized spacial score (nSPS) is 10.5. The Morgan fingerprint density at radius 1 is 1.16 bits per heavy atom. The minimum Gasteiger partial charge on any atom is -0.289 e. The number of ketones is 1. The second-order valence-electron chi connectivity index (χ2n) is 4.40. The lowest BCUT2D eigenvalue weighted by atomic mass is 10.0. The van der Waals surface area contributed by atoms with E-state index in [1.807, 2.05) is 46.9 Å². The number of hydrogen-bond acceptors (Lipinski definition) is 1. The first-order valence-electron chi connectivity index (χ1n) is 6.20. The molecule has 1 nitrogen and oxygen atoms in total. The van der Waals surface area contributed by atoms with E-state index >= 15 is 0 Å². The van der Waals surface area contributed by atoms with E-state index in [0.29, 0.717) is 14.7 Å². The van der Waals surface area contributed by atoms with E-state index < -0.39 is 0 Å². The topological polar surface area (TPSA) is 17.1 Å². The molecule has 2 rings (SSSR count). The summed E-state index contributed by atoms with van der Waals surface area (Å²) in [6.07, 6.45) is 2.10. The molecule has 0 heterocycles. The van der Waals surface area contributed by atoms with Crippen LogP contribution in [0.15, 0.2) is 42.5 Å². The molecular weight excluding hydrogens is 354 g/mol. The van der Waals surface area contributed by atoms with Crippen LogP contribution >= 0.6 is 22.6 Å². The van der Waals surface area contributed by atoms with Crippen molar-refractivity contribution < 1.29 is 9.18 Å². The number of carbonyl (C=O) groups excluding carboxylic acids is 1. The molecule has 2 aromatic rings. The Morgan fingerprint density at radius 3 is 2.42 bits per heavy atom. The third-order valence-electron chi connectivity index (χ3n) is 2.93. The molecule has 0 saturated heterocycles. The highest BCUT2D eigenvalue weighted by atomic mass is 127. The van der Waals surface area contributed by atoms with E-state index in [-0.39, 0.29) is 11.6 Å². The smallest absolute Gasteiger partial charge is 0.194 e. The van der Waals surface area contributed by atoms with E-state index in [4.69, 9.17) is 0 Å². The second kappa shape index (κ2) is 6.28. The van der Waals surface area contributed by atoms with E-state index in [0.717, 1.165) is 12.8 Å². The molecule has 0 fully saturated rings. The average molecular weight is 368 g/mol. The highest BCUT2D eigenvalue weighted by molar-refractivity contribution is 14.1. The summed E-state index contributed by atoms with van der Waals surface area (Å²) in [5, 5.41) is 0. The summed E-state index contributed by atoms with van der Waals surface area (Å²) in [5.41, 5.74) is 2.42. The first-order valence-corrected chi connectivity index (χ1v) is 7.28. The molecule has 0 radical (unpaired) electrons. The summed E-state index contributed by atoms with van der Waals surface area (Å²) in [7, 11) is 0. The zero-order valence-corrected chi connectivity index (χ0v) is 12.8. The van der Waals surface area contributed by atoms with Gasteiger partial charge in [0.1, 0.15) is 5.82 Å². The van der Waals surface area contributed by atoms with Gasteiger partial charge in [-0.05, 0) is 52.8 Å². The zero-order chi connectivity index (χ0) is 13.8. The maximum Gasteiger partial charge on any atom is 0.194 e. The number of carbonyl (C=O) groups is 1. The van der Waals surface area contributed by atoms with Crippen molar-refractivity contribution in [3.63, 3.8) is 0 Å². The molecule has 3 heteroatoms. The van der Waals surface area contributed by atoms with Gasteiger partial charge in [0.25, 0.3) is 0 Å². The van der Waals surface area contributed by atoms with Crippen molar-refractivity contribution in [2.45, 2.75) is 19.8 Å². The van der Waals surface area contributed by atoms with Crippen LogP contribution in [0, 0.1) is 9.39 Å². The van der Waals surface area contributed by atoms with Crippen molar-refractivity contribution in [3.05, 3.63) is 68.5 Å². The summed E-state index contributed by atoms with van der Waals surface area (Å²) in [5.74, 6) is -0.383. The first kappa shape index (κ1) is 14.2. The quantitative estimate of drug-likeness (QED) is 0.569. The highest BCUT2D eigenvalue weighted by Crippen LogP contribution is 2.18. The fraction of sp³-hybridized carbons (Fsp3) is 0.188. The van der Waals surface area contributed by atoms with Crippen LogP contribution in [0.25, 0.3) is 0 Å². The van der Waals surface area contributed by atoms with Crippen molar-refractivity contribution in [1.29, 1.82) is 0 Å². The molecule has 0 unspecified atom stereocenters. The molecule has 0 aromatic heterocycles. The van der Waals surface area contributed by atoms with E-state index in [9.17, 15) is 9.18 Å². The maximum absolute atomic E-state index is 13.0. The number of rotatable bonds is 4. The summed E-state index contributed by atoms with van der Waals surface area (Å²) in [6.45, 7) is 2.12. The van der Waals surface area contributed by atoms with Crippen LogP contribution in [-0.2, 0) is 6.42 Å². The summed E-state index contributed by atoms with van der Waals surface area (Å²) >= 11 is 1.99. The van der Waals surface area contributed by atoms with E-state index in [2.05, 4.69) is 6.92 Å². The van der Waals surface area contributed by atoms with Crippen LogP contribution in [0.1, 0.15) is 34.8 Å². The van der Waals surface area contributed by atoms with Crippen LogP contribution in [0.2, 0.25) is 0 Å². The van der Waals surface area contributed by atoms with Gasteiger partial charge < -0.3 is 0 Å². The Labute approximate surface area is 126 Å². The molecule has 0 atom stereocenters. The fourth-order valence-corrected chi connectivity index (χ4v) is 2.66. The van der Waals surface area contributed by atoms with Crippen molar-refractivity contribution in [1.82, 2.24) is 0 Å². The van der Waals surface area contributed by atoms with Gasteiger partial charge in [0, 0.05) is 14.7 Å². The van der Waals surface area contributed by atoms with Crippen LogP contribution in [-0.4, -0.2) is 5.78 Å². The van der Waals surface area contributed by atoms with Crippen molar-refractivity contribution >= 4 is 28.4 Å². The van der Waals surface area contributed by atoms with Crippen LogP contribution in [0.5, 0.6) is 0 Å². The van der Waals surface area contributed by atoms with Gasteiger partial charge in [-0.2, -0.15) is 0 Å². The molecular formula is C16H14FIO. The van der Waals surface area contributed by atoms with Crippen molar-refractivity contribution in [2.75, 3.05) is 0 Å². The third kappa shape index (κ3) is 3.41. The molecule has 0 saturated carbocycles.